The van der Waals surface area contributed by atoms with Crippen LogP contribution in [0.15, 0.2) is 42.5 Å². The van der Waals surface area contributed by atoms with Gasteiger partial charge in [-0.2, -0.15) is 0 Å². The van der Waals surface area contributed by atoms with Gasteiger partial charge in [-0.15, -0.1) is 11.6 Å². The second-order valence-corrected chi connectivity index (χ2v) is 5.68. The van der Waals surface area contributed by atoms with Crippen LogP contribution in [0.5, 0.6) is 0 Å². The van der Waals surface area contributed by atoms with Gasteiger partial charge in [0, 0.05) is 0 Å². The zero-order chi connectivity index (χ0) is 14.0. The molecule has 1 unspecified atom stereocenters. The quantitative estimate of drug-likeness (QED) is 0.642. The van der Waals surface area contributed by atoms with Gasteiger partial charge < -0.3 is 0 Å². The van der Waals surface area contributed by atoms with E-state index >= 15 is 0 Å². The maximum Gasteiger partial charge on any atom is 0.123 e. The van der Waals surface area contributed by atoms with E-state index in [4.69, 9.17) is 11.6 Å². The Balaban J connectivity index is 2.30. The second kappa shape index (κ2) is 5.75. The van der Waals surface area contributed by atoms with Gasteiger partial charge in [-0.3, -0.25) is 0 Å². The average molecular weight is 277 g/mol. The van der Waals surface area contributed by atoms with Crippen molar-refractivity contribution in [3.63, 3.8) is 0 Å². The van der Waals surface area contributed by atoms with Crippen LogP contribution >= 0.6 is 11.6 Å². The van der Waals surface area contributed by atoms with Crippen molar-refractivity contribution in [1.29, 1.82) is 0 Å². The number of alkyl halides is 1. The summed E-state index contributed by atoms with van der Waals surface area (Å²) in [6.45, 7) is 6.18. The molecule has 0 aromatic heterocycles. The lowest BCUT2D eigenvalue weighted by atomic mass is 9.98. The van der Waals surface area contributed by atoms with Crippen LogP contribution in [0.1, 0.15) is 47.4 Å². The van der Waals surface area contributed by atoms with Crippen molar-refractivity contribution in [2.45, 2.75) is 32.1 Å². The fraction of sp³-hybridized carbons (Fsp3) is 0.294. The highest BCUT2D eigenvalue weighted by Crippen LogP contribution is 2.30. The molecular formula is C17H18ClF. The van der Waals surface area contributed by atoms with E-state index in [1.165, 1.54) is 17.7 Å². The second-order valence-electron chi connectivity index (χ2n) is 5.25. The molecule has 0 saturated carbocycles. The molecular weight excluding hydrogens is 259 g/mol. The van der Waals surface area contributed by atoms with Gasteiger partial charge in [0.2, 0.25) is 0 Å². The zero-order valence-electron chi connectivity index (χ0n) is 11.5. The minimum atomic E-state index is -0.310. The Morgan fingerprint density at radius 2 is 1.47 bits per heavy atom. The molecule has 0 amide bonds. The van der Waals surface area contributed by atoms with Crippen LogP contribution in [0.25, 0.3) is 0 Å². The Morgan fingerprint density at radius 1 is 0.895 bits per heavy atom. The summed E-state index contributed by atoms with van der Waals surface area (Å²) in [5.74, 6) is 0.263. The molecule has 1 atom stereocenters. The molecule has 0 heterocycles. The third kappa shape index (κ3) is 3.36. The highest BCUT2D eigenvalue weighted by atomic mass is 35.5. The first-order chi connectivity index (χ1) is 8.97. The van der Waals surface area contributed by atoms with Crippen molar-refractivity contribution in [1.82, 2.24) is 0 Å². The third-order valence-electron chi connectivity index (χ3n) is 3.25. The first-order valence-electron chi connectivity index (χ1n) is 6.48. The Bertz CT molecular complexity index is 538. The summed E-state index contributed by atoms with van der Waals surface area (Å²) in [6, 6.07) is 13.1. The Labute approximate surface area is 119 Å². The Morgan fingerprint density at radius 3 is 2.00 bits per heavy atom. The highest BCUT2D eigenvalue weighted by Gasteiger charge is 2.12. The summed E-state index contributed by atoms with van der Waals surface area (Å²) < 4.78 is 13.4. The number of halogens is 2. The first-order valence-corrected chi connectivity index (χ1v) is 6.92. The molecule has 2 aromatic rings. The van der Waals surface area contributed by atoms with Crippen molar-refractivity contribution < 1.29 is 4.39 Å². The van der Waals surface area contributed by atoms with Crippen molar-refractivity contribution in [3.8, 4) is 0 Å². The van der Waals surface area contributed by atoms with E-state index in [1.54, 1.807) is 0 Å². The molecule has 0 aliphatic rings. The van der Waals surface area contributed by atoms with E-state index in [0.717, 1.165) is 16.7 Å². The molecule has 0 aliphatic carbocycles. The molecule has 19 heavy (non-hydrogen) atoms. The molecule has 0 spiro atoms. The minimum Gasteiger partial charge on any atom is -0.207 e. The number of rotatable bonds is 3. The SMILES string of the molecule is Cc1cc(F)cc(C(Cl)c2ccc(C(C)C)cc2)c1. The summed E-state index contributed by atoms with van der Waals surface area (Å²) >= 11 is 6.44. The predicted molar refractivity (Wildman–Crippen MR) is 79.4 cm³/mol. The lowest BCUT2D eigenvalue weighted by molar-refractivity contribution is 0.624. The molecule has 0 bridgehead atoms. The van der Waals surface area contributed by atoms with Crippen molar-refractivity contribution in [2.75, 3.05) is 0 Å². The Hall–Kier alpha value is -1.34. The number of benzene rings is 2. The number of hydrogen-bond acceptors (Lipinski definition) is 0. The molecule has 0 radical (unpaired) electrons. The minimum absolute atomic E-state index is 0.237. The molecule has 0 saturated heterocycles. The summed E-state index contributed by atoms with van der Waals surface area (Å²) in [5.41, 5.74) is 3.97. The lowest BCUT2D eigenvalue weighted by Crippen LogP contribution is -1.96. The highest BCUT2D eigenvalue weighted by molar-refractivity contribution is 6.22. The maximum absolute atomic E-state index is 13.4. The third-order valence-corrected chi connectivity index (χ3v) is 3.76. The summed E-state index contributed by atoms with van der Waals surface area (Å²) in [4.78, 5) is 0. The van der Waals surface area contributed by atoms with Crippen LogP contribution < -0.4 is 0 Å². The van der Waals surface area contributed by atoms with Crippen molar-refractivity contribution in [3.05, 3.63) is 70.5 Å². The van der Waals surface area contributed by atoms with Crippen LogP contribution in [0.4, 0.5) is 4.39 Å². The van der Waals surface area contributed by atoms with Crippen LogP contribution in [-0.4, -0.2) is 0 Å². The van der Waals surface area contributed by atoms with Crippen molar-refractivity contribution in [2.24, 2.45) is 0 Å². The van der Waals surface area contributed by atoms with Crippen LogP contribution in [0.3, 0.4) is 0 Å². The molecule has 0 nitrogen and oxygen atoms in total. The summed E-state index contributed by atoms with van der Waals surface area (Å²) in [5, 5.41) is -0.310. The fourth-order valence-corrected chi connectivity index (χ4v) is 2.42. The largest absolute Gasteiger partial charge is 0.207 e. The summed E-state index contributed by atoms with van der Waals surface area (Å²) in [6.07, 6.45) is 0. The molecule has 100 valence electrons. The lowest BCUT2D eigenvalue weighted by Gasteiger charge is -2.13. The van der Waals surface area contributed by atoms with Gasteiger partial charge in [-0.05, 0) is 47.2 Å². The average Bonchev–Trinajstić information content (AvgIpc) is 2.37. The van der Waals surface area contributed by atoms with Crippen LogP contribution in [0, 0.1) is 12.7 Å². The predicted octanol–water partition coefficient (Wildman–Crippen LogP) is 5.59. The number of hydrogen-bond donors (Lipinski definition) is 0. The van der Waals surface area contributed by atoms with Gasteiger partial charge in [0.15, 0.2) is 0 Å². The Kier molecular flexibility index (Phi) is 4.26. The van der Waals surface area contributed by atoms with E-state index in [0.29, 0.717) is 5.92 Å². The molecule has 2 aromatic carbocycles. The normalized spacial score (nSPS) is 12.7. The molecule has 2 heteroatoms. The van der Waals surface area contributed by atoms with Gasteiger partial charge in [-0.25, -0.2) is 4.39 Å². The topological polar surface area (TPSA) is 0 Å². The first kappa shape index (κ1) is 14.1. The van der Waals surface area contributed by atoms with Crippen LogP contribution in [-0.2, 0) is 0 Å². The molecule has 0 N–H and O–H groups in total. The molecule has 0 aliphatic heterocycles. The molecule has 0 fully saturated rings. The summed E-state index contributed by atoms with van der Waals surface area (Å²) in [7, 11) is 0. The monoisotopic (exact) mass is 276 g/mol. The van der Waals surface area contributed by atoms with E-state index in [1.807, 2.05) is 25.1 Å². The van der Waals surface area contributed by atoms with E-state index in [2.05, 4.69) is 26.0 Å². The van der Waals surface area contributed by atoms with Gasteiger partial charge >= 0.3 is 0 Å². The van der Waals surface area contributed by atoms with Gasteiger partial charge in [0.25, 0.3) is 0 Å². The van der Waals surface area contributed by atoms with Gasteiger partial charge in [0.1, 0.15) is 5.82 Å². The molecule has 2 rings (SSSR count). The van der Waals surface area contributed by atoms with Crippen molar-refractivity contribution >= 4 is 11.6 Å². The zero-order valence-corrected chi connectivity index (χ0v) is 12.2. The van der Waals surface area contributed by atoms with E-state index in [9.17, 15) is 4.39 Å². The fourth-order valence-electron chi connectivity index (χ4n) is 2.15. The van der Waals surface area contributed by atoms with Gasteiger partial charge in [0.05, 0.1) is 5.38 Å². The smallest absolute Gasteiger partial charge is 0.123 e. The van der Waals surface area contributed by atoms with Crippen LogP contribution in [0.2, 0.25) is 0 Å². The van der Waals surface area contributed by atoms with E-state index in [-0.39, 0.29) is 11.2 Å². The standard InChI is InChI=1S/C17H18ClF/c1-11(2)13-4-6-14(7-5-13)17(18)15-8-12(3)9-16(19)10-15/h4-11,17H,1-3H3. The van der Waals surface area contributed by atoms with Gasteiger partial charge in [-0.1, -0.05) is 44.2 Å². The maximum atomic E-state index is 13.4. The van der Waals surface area contributed by atoms with E-state index < -0.39 is 0 Å². The number of aryl methyl sites for hydroxylation is 1.